The minimum atomic E-state index is 0.313. The zero-order chi connectivity index (χ0) is 14.5. The summed E-state index contributed by atoms with van der Waals surface area (Å²) in [5.74, 6) is 1.83. The maximum Gasteiger partial charge on any atom is 0.124 e. The van der Waals surface area contributed by atoms with Gasteiger partial charge in [0.2, 0.25) is 0 Å². The summed E-state index contributed by atoms with van der Waals surface area (Å²) in [6, 6.07) is 12.3. The van der Waals surface area contributed by atoms with E-state index in [0.717, 1.165) is 43.2 Å². The summed E-state index contributed by atoms with van der Waals surface area (Å²) < 4.78 is 11.0. The predicted molar refractivity (Wildman–Crippen MR) is 81.8 cm³/mol. The lowest BCUT2D eigenvalue weighted by Gasteiger charge is -2.27. The van der Waals surface area contributed by atoms with Gasteiger partial charge in [-0.15, -0.1) is 0 Å². The molecule has 4 heteroatoms. The number of methoxy groups -OCH3 is 1. The average molecular weight is 284 g/mol. The first kappa shape index (κ1) is 13.9. The van der Waals surface area contributed by atoms with Crippen LogP contribution in [-0.2, 0) is 6.42 Å². The van der Waals surface area contributed by atoms with Gasteiger partial charge in [-0.3, -0.25) is 4.98 Å². The molecule has 1 N–H and O–H groups in total. The third-order valence-corrected chi connectivity index (χ3v) is 3.75. The molecule has 2 aromatic rings. The van der Waals surface area contributed by atoms with Gasteiger partial charge in [-0.1, -0.05) is 6.07 Å². The molecule has 2 heterocycles. The van der Waals surface area contributed by atoms with Crippen molar-refractivity contribution in [2.75, 3.05) is 20.3 Å². The molecule has 110 valence electrons. The van der Waals surface area contributed by atoms with E-state index in [0.29, 0.717) is 6.04 Å². The number of hydrogen-bond acceptors (Lipinski definition) is 4. The summed E-state index contributed by atoms with van der Waals surface area (Å²) in [5.41, 5.74) is 2.30. The van der Waals surface area contributed by atoms with E-state index < -0.39 is 0 Å². The molecule has 0 aliphatic carbocycles. The minimum Gasteiger partial charge on any atom is -0.497 e. The van der Waals surface area contributed by atoms with Crippen LogP contribution in [0, 0.1) is 0 Å². The molecule has 0 fully saturated rings. The smallest absolute Gasteiger partial charge is 0.124 e. The molecule has 1 aliphatic heterocycles. The van der Waals surface area contributed by atoms with Crippen LogP contribution in [0.15, 0.2) is 42.6 Å². The first-order valence-corrected chi connectivity index (χ1v) is 7.31. The number of nitrogens with one attached hydrogen (secondary N) is 1. The monoisotopic (exact) mass is 284 g/mol. The van der Waals surface area contributed by atoms with Crippen molar-refractivity contribution in [1.82, 2.24) is 10.3 Å². The lowest BCUT2D eigenvalue weighted by Crippen LogP contribution is -2.28. The Hall–Kier alpha value is -2.07. The molecule has 1 aromatic heterocycles. The summed E-state index contributed by atoms with van der Waals surface area (Å²) in [6.07, 6.45) is 3.74. The molecular formula is C17H20N2O2. The highest BCUT2D eigenvalue weighted by molar-refractivity contribution is 5.43. The van der Waals surface area contributed by atoms with Crippen molar-refractivity contribution in [1.29, 1.82) is 0 Å². The van der Waals surface area contributed by atoms with Crippen molar-refractivity contribution < 1.29 is 9.47 Å². The quantitative estimate of drug-likeness (QED) is 0.917. The second-order valence-corrected chi connectivity index (χ2v) is 5.12. The normalized spacial score (nSPS) is 16.9. The number of benzene rings is 1. The Kier molecular flexibility index (Phi) is 4.36. The van der Waals surface area contributed by atoms with Gasteiger partial charge < -0.3 is 14.8 Å². The Morgan fingerprint density at radius 3 is 3.10 bits per heavy atom. The fourth-order valence-corrected chi connectivity index (χ4v) is 2.63. The van der Waals surface area contributed by atoms with E-state index in [1.165, 1.54) is 5.56 Å². The fraction of sp³-hybridized carbons (Fsp3) is 0.353. The first-order valence-electron chi connectivity index (χ1n) is 7.31. The zero-order valence-electron chi connectivity index (χ0n) is 12.2. The third kappa shape index (κ3) is 3.34. The molecule has 0 bridgehead atoms. The molecule has 1 atom stereocenters. The van der Waals surface area contributed by atoms with Crippen LogP contribution >= 0.6 is 0 Å². The highest BCUT2D eigenvalue weighted by Crippen LogP contribution is 2.34. The Morgan fingerprint density at radius 1 is 1.33 bits per heavy atom. The molecule has 0 spiro atoms. The summed E-state index contributed by atoms with van der Waals surface area (Å²) in [7, 11) is 1.69. The van der Waals surface area contributed by atoms with Crippen molar-refractivity contribution >= 4 is 0 Å². The van der Waals surface area contributed by atoms with Crippen LogP contribution in [0.25, 0.3) is 0 Å². The van der Waals surface area contributed by atoms with Crippen molar-refractivity contribution in [3.63, 3.8) is 0 Å². The van der Waals surface area contributed by atoms with Gasteiger partial charge in [0.05, 0.1) is 13.7 Å². The van der Waals surface area contributed by atoms with Gasteiger partial charge in [0.15, 0.2) is 0 Å². The third-order valence-electron chi connectivity index (χ3n) is 3.75. The molecule has 0 amide bonds. The summed E-state index contributed by atoms with van der Waals surface area (Å²) >= 11 is 0. The Balaban J connectivity index is 1.64. The van der Waals surface area contributed by atoms with Crippen LogP contribution in [0.4, 0.5) is 0 Å². The van der Waals surface area contributed by atoms with Crippen LogP contribution in [0.3, 0.4) is 0 Å². The standard InChI is InChI=1S/C17H20N2O2/c1-20-14-5-6-17-15(12-14)16(8-11-21-17)19-10-7-13-4-2-3-9-18-13/h2-6,9,12,16,19H,7-8,10-11H2,1H3. The molecule has 3 rings (SSSR count). The molecule has 0 saturated heterocycles. The lowest BCUT2D eigenvalue weighted by molar-refractivity contribution is 0.252. The number of rotatable bonds is 5. The van der Waals surface area contributed by atoms with Crippen LogP contribution < -0.4 is 14.8 Å². The number of fused-ring (bicyclic) bond motifs is 1. The number of aromatic nitrogens is 1. The van der Waals surface area contributed by atoms with Crippen molar-refractivity contribution in [2.45, 2.75) is 18.9 Å². The highest BCUT2D eigenvalue weighted by atomic mass is 16.5. The van der Waals surface area contributed by atoms with Gasteiger partial charge in [0.1, 0.15) is 11.5 Å². The van der Waals surface area contributed by atoms with Crippen LogP contribution in [0.2, 0.25) is 0 Å². The summed E-state index contributed by atoms with van der Waals surface area (Å²) in [5, 5.41) is 3.60. The van der Waals surface area contributed by atoms with E-state index in [1.807, 2.05) is 30.5 Å². The SMILES string of the molecule is COc1ccc2c(c1)C(NCCc1ccccn1)CCO2. The fourth-order valence-electron chi connectivity index (χ4n) is 2.63. The van der Waals surface area contributed by atoms with Gasteiger partial charge >= 0.3 is 0 Å². The maximum absolute atomic E-state index is 5.71. The van der Waals surface area contributed by atoms with Crippen LogP contribution in [-0.4, -0.2) is 25.2 Å². The van der Waals surface area contributed by atoms with E-state index in [1.54, 1.807) is 7.11 Å². The first-order chi connectivity index (χ1) is 10.4. The molecule has 21 heavy (non-hydrogen) atoms. The number of hydrogen-bond donors (Lipinski definition) is 1. The minimum absolute atomic E-state index is 0.313. The molecule has 0 radical (unpaired) electrons. The molecule has 1 unspecified atom stereocenters. The maximum atomic E-state index is 5.71. The van der Waals surface area contributed by atoms with E-state index in [4.69, 9.17) is 9.47 Å². The second-order valence-electron chi connectivity index (χ2n) is 5.12. The number of pyridine rings is 1. The Morgan fingerprint density at radius 2 is 2.29 bits per heavy atom. The number of ether oxygens (including phenoxy) is 2. The van der Waals surface area contributed by atoms with E-state index in [9.17, 15) is 0 Å². The van der Waals surface area contributed by atoms with Gasteiger partial charge in [0.25, 0.3) is 0 Å². The Labute approximate surface area is 125 Å². The molecule has 0 saturated carbocycles. The largest absolute Gasteiger partial charge is 0.497 e. The van der Waals surface area contributed by atoms with Crippen molar-refractivity contribution in [3.05, 3.63) is 53.9 Å². The van der Waals surface area contributed by atoms with Gasteiger partial charge in [-0.2, -0.15) is 0 Å². The van der Waals surface area contributed by atoms with Gasteiger partial charge in [-0.25, -0.2) is 0 Å². The van der Waals surface area contributed by atoms with E-state index in [-0.39, 0.29) is 0 Å². The summed E-state index contributed by atoms with van der Waals surface area (Å²) in [6.45, 7) is 1.65. The van der Waals surface area contributed by atoms with Gasteiger partial charge in [0, 0.05) is 42.9 Å². The average Bonchev–Trinajstić information content (AvgIpc) is 2.55. The molecular weight excluding hydrogens is 264 g/mol. The summed E-state index contributed by atoms with van der Waals surface area (Å²) in [4.78, 5) is 4.35. The zero-order valence-corrected chi connectivity index (χ0v) is 12.2. The topological polar surface area (TPSA) is 43.4 Å². The van der Waals surface area contributed by atoms with Crippen LogP contribution in [0.1, 0.15) is 23.7 Å². The van der Waals surface area contributed by atoms with Crippen molar-refractivity contribution in [3.8, 4) is 11.5 Å². The second kappa shape index (κ2) is 6.59. The molecule has 1 aliphatic rings. The van der Waals surface area contributed by atoms with Crippen molar-refractivity contribution in [2.24, 2.45) is 0 Å². The molecule has 4 nitrogen and oxygen atoms in total. The predicted octanol–water partition coefficient (Wildman–Crippen LogP) is 2.75. The van der Waals surface area contributed by atoms with E-state index in [2.05, 4.69) is 22.4 Å². The Bertz CT molecular complexity index is 587. The van der Waals surface area contributed by atoms with Crippen LogP contribution in [0.5, 0.6) is 11.5 Å². The lowest BCUT2D eigenvalue weighted by atomic mass is 10.00. The number of nitrogens with zero attached hydrogens (tertiary/aromatic N) is 1. The van der Waals surface area contributed by atoms with E-state index >= 15 is 0 Å². The molecule has 1 aromatic carbocycles. The highest BCUT2D eigenvalue weighted by Gasteiger charge is 2.21. The van der Waals surface area contributed by atoms with Gasteiger partial charge in [-0.05, 0) is 30.3 Å².